The number of carbonyl (C=O) groups excluding carboxylic acids is 2. The quantitative estimate of drug-likeness (QED) is 0.584. The van der Waals surface area contributed by atoms with E-state index in [2.05, 4.69) is 10.5 Å². The lowest BCUT2D eigenvalue weighted by atomic mass is 10.3. The molecule has 0 aliphatic carbocycles. The van der Waals surface area contributed by atoms with E-state index in [0.29, 0.717) is 36.2 Å². The van der Waals surface area contributed by atoms with E-state index >= 15 is 0 Å². The third-order valence-electron chi connectivity index (χ3n) is 3.91. The van der Waals surface area contributed by atoms with Gasteiger partial charge in [0.1, 0.15) is 17.3 Å². The molecule has 0 bridgehead atoms. The van der Waals surface area contributed by atoms with Crippen molar-refractivity contribution in [2.24, 2.45) is 0 Å². The topological polar surface area (TPSA) is 102 Å². The van der Waals surface area contributed by atoms with Crippen molar-refractivity contribution < 1.29 is 22.9 Å². The zero-order chi connectivity index (χ0) is 19.9. The molecule has 0 radical (unpaired) electrons. The molecule has 8 nitrogen and oxygen atoms in total. The Balaban J connectivity index is 1.55. The number of thioether (sulfide) groups is 1. The second kappa shape index (κ2) is 9.32. The standard InChI is InChI=1S/C19H21N3O5S/c1-13-9-17(21-27-13)20-19(24)14(2)28-12-18(23)22(10-15-5-3-7-25-15)11-16-6-4-8-26-16/h3-9,14H,10-12H2,1-2H3,(H,20,21,24)/t14-/m0/s1. The van der Waals surface area contributed by atoms with Crippen LogP contribution in [-0.4, -0.2) is 32.9 Å². The number of anilines is 1. The molecule has 9 heteroatoms. The average Bonchev–Trinajstić information content (AvgIpc) is 3.43. The summed E-state index contributed by atoms with van der Waals surface area (Å²) in [6, 6.07) is 8.81. The summed E-state index contributed by atoms with van der Waals surface area (Å²) in [6.07, 6.45) is 3.13. The third-order valence-corrected chi connectivity index (χ3v) is 5.04. The van der Waals surface area contributed by atoms with E-state index in [4.69, 9.17) is 13.4 Å². The number of nitrogens with one attached hydrogen (secondary N) is 1. The van der Waals surface area contributed by atoms with Gasteiger partial charge in [0.2, 0.25) is 11.8 Å². The first-order chi connectivity index (χ1) is 13.5. The van der Waals surface area contributed by atoms with Crippen molar-refractivity contribution in [1.29, 1.82) is 0 Å². The van der Waals surface area contributed by atoms with Gasteiger partial charge < -0.3 is 23.6 Å². The Hall–Kier alpha value is -2.94. The minimum absolute atomic E-state index is 0.116. The number of amides is 2. The van der Waals surface area contributed by atoms with Gasteiger partial charge in [-0.3, -0.25) is 9.59 Å². The Morgan fingerprint density at radius 2 is 1.82 bits per heavy atom. The molecule has 0 aliphatic heterocycles. The van der Waals surface area contributed by atoms with Gasteiger partial charge in [0.25, 0.3) is 0 Å². The number of aryl methyl sites for hydroxylation is 1. The maximum atomic E-state index is 12.7. The first-order valence-electron chi connectivity index (χ1n) is 8.69. The molecule has 3 heterocycles. The number of hydrogen-bond donors (Lipinski definition) is 1. The summed E-state index contributed by atoms with van der Waals surface area (Å²) >= 11 is 1.25. The van der Waals surface area contributed by atoms with Gasteiger partial charge in [-0.15, -0.1) is 11.8 Å². The van der Waals surface area contributed by atoms with Crippen molar-refractivity contribution in [3.63, 3.8) is 0 Å². The van der Waals surface area contributed by atoms with E-state index in [9.17, 15) is 9.59 Å². The predicted octanol–water partition coefficient (Wildman–Crippen LogP) is 3.46. The summed E-state index contributed by atoms with van der Waals surface area (Å²) in [4.78, 5) is 26.6. The van der Waals surface area contributed by atoms with Crippen LogP contribution in [0.3, 0.4) is 0 Å². The molecule has 0 aromatic carbocycles. The molecule has 0 spiro atoms. The van der Waals surface area contributed by atoms with Crippen LogP contribution in [-0.2, 0) is 22.7 Å². The monoisotopic (exact) mass is 403 g/mol. The molecule has 0 saturated carbocycles. The van der Waals surface area contributed by atoms with Gasteiger partial charge in [0, 0.05) is 6.07 Å². The van der Waals surface area contributed by atoms with Gasteiger partial charge >= 0.3 is 0 Å². The van der Waals surface area contributed by atoms with Gasteiger partial charge in [-0.05, 0) is 38.1 Å². The second-order valence-corrected chi connectivity index (χ2v) is 7.50. The van der Waals surface area contributed by atoms with Crippen molar-refractivity contribution >= 4 is 29.4 Å². The highest BCUT2D eigenvalue weighted by Crippen LogP contribution is 2.17. The van der Waals surface area contributed by atoms with E-state index < -0.39 is 5.25 Å². The van der Waals surface area contributed by atoms with Crippen molar-refractivity contribution in [1.82, 2.24) is 10.1 Å². The number of carbonyl (C=O) groups is 2. The lowest BCUT2D eigenvalue weighted by Crippen LogP contribution is -2.32. The fourth-order valence-corrected chi connectivity index (χ4v) is 3.22. The van der Waals surface area contributed by atoms with Gasteiger partial charge in [0.05, 0.1) is 36.6 Å². The van der Waals surface area contributed by atoms with Crippen molar-refractivity contribution in [3.05, 3.63) is 60.1 Å². The molecule has 3 rings (SSSR count). The minimum atomic E-state index is -0.435. The molecule has 2 amide bonds. The van der Waals surface area contributed by atoms with Crippen molar-refractivity contribution in [2.75, 3.05) is 11.1 Å². The van der Waals surface area contributed by atoms with Crippen molar-refractivity contribution in [2.45, 2.75) is 32.2 Å². The third kappa shape index (κ3) is 5.53. The number of rotatable bonds is 9. The van der Waals surface area contributed by atoms with E-state index in [-0.39, 0.29) is 17.6 Å². The van der Waals surface area contributed by atoms with Crippen LogP contribution in [0.25, 0.3) is 0 Å². The Bertz CT molecular complexity index is 852. The van der Waals surface area contributed by atoms with Gasteiger partial charge in [-0.25, -0.2) is 0 Å². The molecule has 0 saturated heterocycles. The maximum absolute atomic E-state index is 12.7. The largest absolute Gasteiger partial charge is 0.467 e. The smallest absolute Gasteiger partial charge is 0.238 e. The Morgan fingerprint density at radius 1 is 1.18 bits per heavy atom. The van der Waals surface area contributed by atoms with E-state index in [0.717, 1.165) is 0 Å². The number of hydrogen-bond acceptors (Lipinski definition) is 7. The summed E-state index contributed by atoms with van der Waals surface area (Å²) in [5.74, 6) is 2.11. The van der Waals surface area contributed by atoms with Crippen LogP contribution < -0.4 is 5.32 Å². The summed E-state index contributed by atoms with van der Waals surface area (Å²) in [5, 5.41) is 5.97. The van der Waals surface area contributed by atoms with Crippen LogP contribution >= 0.6 is 11.8 Å². The Kier molecular flexibility index (Phi) is 6.59. The fraction of sp³-hybridized carbons (Fsp3) is 0.316. The van der Waals surface area contributed by atoms with Crippen LogP contribution in [0.15, 0.2) is 56.2 Å². The highest BCUT2D eigenvalue weighted by atomic mass is 32.2. The highest BCUT2D eigenvalue weighted by molar-refractivity contribution is 8.01. The van der Waals surface area contributed by atoms with Gasteiger partial charge in [0.15, 0.2) is 5.82 Å². The molecule has 0 fully saturated rings. The van der Waals surface area contributed by atoms with Crippen LogP contribution in [0.4, 0.5) is 5.82 Å². The summed E-state index contributed by atoms with van der Waals surface area (Å²) in [7, 11) is 0. The molecule has 1 N–H and O–H groups in total. The molecule has 28 heavy (non-hydrogen) atoms. The fourth-order valence-electron chi connectivity index (χ4n) is 2.43. The molecule has 0 aliphatic rings. The Morgan fingerprint density at radius 3 is 2.32 bits per heavy atom. The highest BCUT2D eigenvalue weighted by Gasteiger charge is 2.21. The lowest BCUT2D eigenvalue weighted by molar-refractivity contribution is -0.130. The minimum Gasteiger partial charge on any atom is -0.467 e. The van der Waals surface area contributed by atoms with Crippen molar-refractivity contribution in [3.8, 4) is 0 Å². The Labute approximate surface area is 166 Å². The number of nitrogens with zero attached hydrogens (tertiary/aromatic N) is 2. The van der Waals surface area contributed by atoms with Gasteiger partial charge in [-0.1, -0.05) is 5.16 Å². The molecule has 1 atom stereocenters. The van der Waals surface area contributed by atoms with Gasteiger partial charge in [-0.2, -0.15) is 0 Å². The molecule has 148 valence electrons. The van der Waals surface area contributed by atoms with E-state index in [1.54, 1.807) is 49.5 Å². The first kappa shape index (κ1) is 19.8. The summed E-state index contributed by atoms with van der Waals surface area (Å²) in [5.41, 5.74) is 0. The molecular weight excluding hydrogens is 382 g/mol. The number of aromatic nitrogens is 1. The molecule has 0 unspecified atom stereocenters. The van der Waals surface area contributed by atoms with Crippen LogP contribution in [0.1, 0.15) is 24.2 Å². The van der Waals surface area contributed by atoms with Crippen LogP contribution in [0.5, 0.6) is 0 Å². The SMILES string of the molecule is Cc1cc(NC(=O)[C@H](C)SCC(=O)N(Cc2ccco2)Cc2ccco2)no1. The molecule has 3 aromatic rings. The number of furan rings is 2. The lowest BCUT2D eigenvalue weighted by Gasteiger charge is -2.21. The second-order valence-electron chi connectivity index (χ2n) is 6.17. The first-order valence-corrected chi connectivity index (χ1v) is 9.74. The average molecular weight is 403 g/mol. The van der Waals surface area contributed by atoms with E-state index in [1.165, 1.54) is 11.8 Å². The van der Waals surface area contributed by atoms with Crippen LogP contribution in [0, 0.1) is 6.92 Å². The summed E-state index contributed by atoms with van der Waals surface area (Å²) in [6.45, 7) is 4.13. The van der Waals surface area contributed by atoms with E-state index in [1.807, 2.05) is 12.1 Å². The predicted molar refractivity (Wildman–Crippen MR) is 103 cm³/mol. The zero-order valence-electron chi connectivity index (χ0n) is 15.6. The normalized spacial score (nSPS) is 11.9. The van der Waals surface area contributed by atoms with Crippen LogP contribution in [0.2, 0.25) is 0 Å². The maximum Gasteiger partial charge on any atom is 0.238 e. The molecule has 3 aromatic heterocycles. The summed E-state index contributed by atoms with van der Waals surface area (Å²) < 4.78 is 15.6. The zero-order valence-corrected chi connectivity index (χ0v) is 16.4. The molecular formula is C19H21N3O5S.